The maximum Gasteiger partial charge on any atom is 0.253 e. The van der Waals surface area contributed by atoms with Gasteiger partial charge in [0.1, 0.15) is 17.6 Å². The monoisotopic (exact) mass is 636 g/mol. The number of benzene rings is 4. The zero-order chi connectivity index (χ0) is 34.0. The molecule has 0 saturated heterocycles. The molecule has 0 aromatic heterocycles. The van der Waals surface area contributed by atoms with E-state index in [-0.39, 0.29) is 13.0 Å². The van der Waals surface area contributed by atoms with E-state index in [0.29, 0.717) is 36.9 Å². The minimum atomic E-state index is -1.62. The Morgan fingerprint density at radius 1 is 0.830 bits per heavy atom. The third-order valence-corrected chi connectivity index (χ3v) is 8.51. The van der Waals surface area contributed by atoms with Crippen LogP contribution in [0, 0.1) is 0 Å². The number of likely N-dealkylation sites (N-methyl/N-ethyl adjacent to an activating group) is 1. The number of rotatable bonds is 15. The zero-order valence-corrected chi connectivity index (χ0v) is 26.9. The van der Waals surface area contributed by atoms with Crippen LogP contribution in [0.25, 0.3) is 10.8 Å². The fraction of sp³-hybridized carbons (Fsp3) is 0.297. The highest BCUT2D eigenvalue weighted by atomic mass is 16.2. The van der Waals surface area contributed by atoms with E-state index in [1.165, 1.54) is 11.9 Å². The first kappa shape index (κ1) is 34.8. The Bertz CT molecular complexity index is 1710. The molecule has 0 fully saturated rings. The van der Waals surface area contributed by atoms with E-state index < -0.39 is 41.3 Å². The maximum atomic E-state index is 14.9. The molecule has 246 valence electrons. The number of unbranched alkanes of at least 4 members (excludes halogenated alkanes) is 1. The van der Waals surface area contributed by atoms with Gasteiger partial charge in [0.05, 0.1) is 0 Å². The normalized spacial score (nSPS) is 13.6. The van der Waals surface area contributed by atoms with Crippen LogP contribution in [0.2, 0.25) is 0 Å². The topological polar surface area (TPSA) is 174 Å². The maximum absolute atomic E-state index is 14.9. The van der Waals surface area contributed by atoms with Gasteiger partial charge >= 0.3 is 0 Å². The van der Waals surface area contributed by atoms with E-state index in [1.807, 2.05) is 72.8 Å². The van der Waals surface area contributed by atoms with Crippen molar-refractivity contribution >= 4 is 34.4 Å². The fourth-order valence-electron chi connectivity index (χ4n) is 5.82. The number of hydrogen-bond acceptors (Lipinski definition) is 6. The molecule has 3 atom stereocenters. The van der Waals surface area contributed by atoms with Crippen molar-refractivity contribution in [1.82, 2.24) is 15.5 Å². The highest BCUT2D eigenvalue weighted by Gasteiger charge is 2.43. The van der Waals surface area contributed by atoms with Gasteiger partial charge in [-0.25, -0.2) is 0 Å². The summed E-state index contributed by atoms with van der Waals surface area (Å²) in [5.74, 6) is -2.21. The van der Waals surface area contributed by atoms with Crippen molar-refractivity contribution < 1.29 is 19.2 Å². The summed E-state index contributed by atoms with van der Waals surface area (Å²) in [6.07, 6.45) is 1.74. The van der Waals surface area contributed by atoms with Gasteiger partial charge in [-0.15, -0.1) is 0 Å². The highest BCUT2D eigenvalue weighted by molar-refractivity contribution is 6.03. The SMILES string of the molecule is CN(C(=O)[C@](C)(NC(=O)c1cccc(CN)c1)c1cccc2ccccc12)[C@@H](Cc1ccccc1)C(=O)N[C@@H](CCCCN)C(N)=O. The molecule has 47 heavy (non-hydrogen) atoms. The lowest BCUT2D eigenvalue weighted by Gasteiger charge is -2.38. The van der Waals surface area contributed by atoms with Gasteiger partial charge < -0.3 is 32.7 Å². The smallest absolute Gasteiger partial charge is 0.253 e. The molecule has 4 amide bonds. The summed E-state index contributed by atoms with van der Waals surface area (Å²) in [5, 5.41) is 7.45. The third-order valence-electron chi connectivity index (χ3n) is 8.51. The molecule has 0 spiro atoms. The summed E-state index contributed by atoms with van der Waals surface area (Å²) in [4.78, 5) is 56.4. The molecule has 0 saturated carbocycles. The molecule has 4 aromatic rings. The second kappa shape index (κ2) is 16.0. The van der Waals surface area contributed by atoms with Crippen molar-refractivity contribution in [3.05, 3.63) is 119 Å². The second-order valence-corrected chi connectivity index (χ2v) is 11.9. The van der Waals surface area contributed by atoms with E-state index in [4.69, 9.17) is 17.2 Å². The first-order valence-electron chi connectivity index (χ1n) is 15.8. The van der Waals surface area contributed by atoms with Crippen LogP contribution in [0.4, 0.5) is 0 Å². The molecule has 0 aliphatic carbocycles. The van der Waals surface area contributed by atoms with E-state index in [1.54, 1.807) is 31.2 Å². The Hall–Kier alpha value is -5.06. The van der Waals surface area contributed by atoms with Crippen molar-refractivity contribution in [3.8, 4) is 0 Å². The number of carbonyl (C=O) groups is 4. The van der Waals surface area contributed by atoms with Crippen molar-refractivity contribution in [1.29, 1.82) is 0 Å². The van der Waals surface area contributed by atoms with E-state index >= 15 is 0 Å². The fourth-order valence-corrected chi connectivity index (χ4v) is 5.82. The van der Waals surface area contributed by atoms with Gasteiger partial charge in [0.15, 0.2) is 0 Å². The molecule has 0 radical (unpaired) electrons. The number of amides is 4. The number of primary amides is 1. The van der Waals surface area contributed by atoms with Crippen molar-refractivity contribution in [3.63, 3.8) is 0 Å². The lowest BCUT2D eigenvalue weighted by atomic mass is 9.85. The van der Waals surface area contributed by atoms with E-state index in [2.05, 4.69) is 10.6 Å². The van der Waals surface area contributed by atoms with Gasteiger partial charge in [-0.05, 0) is 72.3 Å². The largest absolute Gasteiger partial charge is 0.368 e. The van der Waals surface area contributed by atoms with Gasteiger partial charge in [0, 0.05) is 25.6 Å². The zero-order valence-electron chi connectivity index (χ0n) is 26.9. The lowest BCUT2D eigenvalue weighted by molar-refractivity contribution is -0.144. The Labute approximate surface area is 275 Å². The van der Waals surface area contributed by atoms with Crippen molar-refractivity contribution in [2.75, 3.05) is 13.6 Å². The molecule has 0 unspecified atom stereocenters. The van der Waals surface area contributed by atoms with Crippen LogP contribution < -0.4 is 27.8 Å². The van der Waals surface area contributed by atoms with Crippen LogP contribution in [-0.2, 0) is 32.9 Å². The second-order valence-electron chi connectivity index (χ2n) is 11.9. The summed E-state index contributed by atoms with van der Waals surface area (Å²) >= 11 is 0. The molecule has 10 heteroatoms. The number of fused-ring (bicyclic) bond motifs is 1. The van der Waals surface area contributed by atoms with Gasteiger partial charge in [-0.2, -0.15) is 0 Å². The van der Waals surface area contributed by atoms with Crippen LogP contribution in [-0.4, -0.2) is 54.2 Å². The van der Waals surface area contributed by atoms with E-state index in [0.717, 1.165) is 21.9 Å². The van der Waals surface area contributed by atoms with Crippen LogP contribution in [0.15, 0.2) is 97.1 Å². The predicted molar refractivity (Wildman–Crippen MR) is 184 cm³/mol. The predicted octanol–water partition coefficient (Wildman–Crippen LogP) is 3.11. The summed E-state index contributed by atoms with van der Waals surface area (Å²) in [5.41, 5.74) is 18.0. The Balaban J connectivity index is 1.77. The number of nitrogens with zero attached hydrogens (tertiary/aromatic N) is 1. The number of nitrogens with one attached hydrogen (secondary N) is 2. The summed E-state index contributed by atoms with van der Waals surface area (Å²) < 4.78 is 0. The van der Waals surface area contributed by atoms with E-state index in [9.17, 15) is 19.2 Å². The summed E-state index contributed by atoms with van der Waals surface area (Å²) in [7, 11) is 1.54. The summed E-state index contributed by atoms with van der Waals surface area (Å²) in [6.45, 7) is 2.34. The molecule has 0 bridgehead atoms. The Morgan fingerprint density at radius 2 is 1.49 bits per heavy atom. The summed E-state index contributed by atoms with van der Waals surface area (Å²) in [6, 6.07) is 27.4. The van der Waals surface area contributed by atoms with Gasteiger partial charge in [0.25, 0.3) is 11.8 Å². The molecule has 10 nitrogen and oxygen atoms in total. The first-order chi connectivity index (χ1) is 22.6. The van der Waals surface area contributed by atoms with Gasteiger partial charge in [-0.3, -0.25) is 19.2 Å². The molecule has 0 heterocycles. The lowest BCUT2D eigenvalue weighted by Crippen LogP contribution is -2.60. The van der Waals surface area contributed by atoms with Gasteiger partial charge in [-0.1, -0.05) is 84.9 Å². The average Bonchev–Trinajstić information content (AvgIpc) is 3.09. The molecule has 4 rings (SSSR count). The molecular formula is C37H44N6O4. The van der Waals surface area contributed by atoms with Crippen LogP contribution in [0.1, 0.15) is 53.2 Å². The third kappa shape index (κ3) is 8.41. The van der Waals surface area contributed by atoms with Crippen molar-refractivity contribution in [2.24, 2.45) is 17.2 Å². The van der Waals surface area contributed by atoms with Crippen LogP contribution >= 0.6 is 0 Å². The number of carbonyl (C=O) groups excluding carboxylic acids is 4. The minimum Gasteiger partial charge on any atom is -0.368 e. The number of nitrogens with two attached hydrogens (primary N) is 3. The van der Waals surface area contributed by atoms with Gasteiger partial charge in [0.2, 0.25) is 11.8 Å². The standard InChI is InChI=1S/C37H44N6O4/c1-37(30-19-11-16-27-15-6-7-18-29(27)30,42-34(45)28-17-10-14-26(22-28)24-39)36(47)43(2)32(23-25-12-4-3-5-13-25)35(46)41-31(33(40)44)20-8-9-21-38/h3-7,10-19,22,31-32H,8-9,20-21,23-24,38-39H2,1-2H3,(H2,40,44)(H,41,46)(H,42,45)/t31-,32-,37+/m0/s1. The minimum absolute atomic E-state index is 0.154. The molecule has 8 N–H and O–H groups in total. The molecule has 4 aromatic carbocycles. The average molecular weight is 637 g/mol. The first-order valence-corrected chi connectivity index (χ1v) is 15.8. The quantitative estimate of drug-likeness (QED) is 0.125. The highest BCUT2D eigenvalue weighted by Crippen LogP contribution is 2.32. The van der Waals surface area contributed by atoms with Crippen molar-refractivity contribution in [2.45, 2.75) is 56.8 Å². The molecule has 0 aliphatic rings. The number of hydrogen-bond donors (Lipinski definition) is 5. The van der Waals surface area contributed by atoms with Crippen LogP contribution in [0.5, 0.6) is 0 Å². The van der Waals surface area contributed by atoms with Crippen LogP contribution in [0.3, 0.4) is 0 Å². The Kier molecular flexibility index (Phi) is 11.8. The molecular weight excluding hydrogens is 592 g/mol. The Morgan fingerprint density at radius 3 is 2.19 bits per heavy atom. The molecule has 0 aliphatic heterocycles.